The second-order valence-electron chi connectivity index (χ2n) is 18.3. The van der Waals surface area contributed by atoms with Crippen molar-refractivity contribution in [1.82, 2.24) is 9.13 Å². The van der Waals surface area contributed by atoms with Crippen LogP contribution in [0.1, 0.15) is 52.7 Å². The van der Waals surface area contributed by atoms with Gasteiger partial charge in [-0.2, -0.15) is 0 Å². The predicted octanol–water partition coefficient (Wildman–Crippen LogP) is 15.7. The average Bonchev–Trinajstić information content (AvgIpc) is 3.90. The Morgan fingerprint density at radius 3 is 1.29 bits per heavy atom. The van der Waals surface area contributed by atoms with Gasteiger partial charge in [0, 0.05) is 43.7 Å². The Morgan fingerprint density at radius 2 is 0.763 bits per heavy atom. The molecule has 286 valence electrons. The number of nitrogens with zero attached hydrogens (tertiary/aromatic N) is 2. The second-order valence-corrected chi connectivity index (χ2v) is 18.3. The number of aromatic nitrogens is 2. The zero-order valence-corrected chi connectivity index (χ0v) is 34.5. The first-order valence-corrected chi connectivity index (χ1v) is 20.8. The average molecular weight is 763 g/mol. The second kappa shape index (κ2) is 12.8. The van der Waals surface area contributed by atoms with Gasteiger partial charge in [0.2, 0.25) is 0 Å². The Balaban J connectivity index is 0.916. The van der Waals surface area contributed by atoms with E-state index >= 15 is 0 Å². The minimum absolute atomic E-state index is 0.0728. The number of hydrogen-bond acceptors (Lipinski definition) is 1. The lowest BCUT2D eigenvalue weighted by atomic mass is 9.85. The van der Waals surface area contributed by atoms with Gasteiger partial charge in [0.25, 0.3) is 0 Å². The summed E-state index contributed by atoms with van der Waals surface area (Å²) < 4.78 is 11.1. The first kappa shape index (κ1) is 35.3. The molecule has 0 aliphatic carbocycles. The molecule has 0 bridgehead atoms. The minimum Gasteiger partial charge on any atom is -0.456 e. The van der Waals surface area contributed by atoms with Crippen LogP contribution >= 0.6 is 0 Å². The van der Waals surface area contributed by atoms with Crippen LogP contribution < -0.4 is 0 Å². The van der Waals surface area contributed by atoms with Crippen molar-refractivity contribution in [2.75, 3.05) is 0 Å². The maximum absolute atomic E-state index is 6.29. The molecule has 11 rings (SSSR count). The van der Waals surface area contributed by atoms with Crippen molar-refractivity contribution in [1.29, 1.82) is 0 Å². The molecule has 3 aromatic heterocycles. The van der Waals surface area contributed by atoms with Crippen molar-refractivity contribution < 1.29 is 4.42 Å². The van der Waals surface area contributed by atoms with Crippen LogP contribution in [0.25, 0.3) is 99.2 Å². The largest absolute Gasteiger partial charge is 0.456 e. The molecule has 3 nitrogen and oxygen atoms in total. The highest BCUT2D eigenvalue weighted by atomic mass is 16.3. The van der Waals surface area contributed by atoms with E-state index < -0.39 is 0 Å². The van der Waals surface area contributed by atoms with E-state index in [9.17, 15) is 0 Å². The summed E-state index contributed by atoms with van der Waals surface area (Å²) in [7, 11) is 0. The van der Waals surface area contributed by atoms with Gasteiger partial charge in [-0.1, -0.05) is 139 Å². The van der Waals surface area contributed by atoms with Gasteiger partial charge in [0.05, 0.1) is 22.1 Å². The number of para-hydroxylation sites is 2. The number of hydrogen-bond donors (Lipinski definition) is 0. The lowest BCUT2D eigenvalue weighted by Gasteiger charge is -2.19. The van der Waals surface area contributed by atoms with Crippen LogP contribution in [0.5, 0.6) is 0 Å². The molecule has 59 heavy (non-hydrogen) atoms. The van der Waals surface area contributed by atoms with E-state index in [4.69, 9.17) is 4.42 Å². The third kappa shape index (κ3) is 5.63. The SMILES string of the molecule is CC(C)(C)c1ccc2c(c1)c1cc(C(C)(C)C)ccc1n2-c1ccc(-c2ccc(-c3ccc(-n4c5ccccc5c5c6c(ccc54)oc4ccccc46)cc3)cc2)cc1. The van der Waals surface area contributed by atoms with E-state index in [1.54, 1.807) is 0 Å². The van der Waals surface area contributed by atoms with Crippen LogP contribution in [0.15, 0.2) is 174 Å². The van der Waals surface area contributed by atoms with Crippen molar-refractivity contribution in [3.8, 4) is 33.6 Å². The van der Waals surface area contributed by atoms with Crippen LogP contribution in [-0.4, -0.2) is 9.13 Å². The molecule has 8 aromatic carbocycles. The Labute approximate surface area is 344 Å². The molecule has 0 atom stereocenters. The monoisotopic (exact) mass is 762 g/mol. The van der Waals surface area contributed by atoms with Crippen LogP contribution in [0.2, 0.25) is 0 Å². The molecule has 0 amide bonds. The van der Waals surface area contributed by atoms with Crippen molar-refractivity contribution in [2.45, 2.75) is 52.4 Å². The Kier molecular flexibility index (Phi) is 7.68. The number of furan rings is 1. The van der Waals surface area contributed by atoms with Crippen LogP contribution in [0.3, 0.4) is 0 Å². The van der Waals surface area contributed by atoms with Crippen molar-refractivity contribution >= 4 is 65.6 Å². The standard InChI is InChI=1S/C56H46N2O/c1-55(2,3)39-23-29-48-45(33-39)46-34-40(56(4,5)6)24-30-49(46)57(48)41-25-19-37(20-26-41)35-15-17-36(18-16-35)38-21-27-42(28-22-38)58-47-13-9-7-11-43(47)53-50(58)31-32-52-54(53)44-12-8-10-14-51(44)59-52/h7-34H,1-6H3. The smallest absolute Gasteiger partial charge is 0.136 e. The highest BCUT2D eigenvalue weighted by Gasteiger charge is 2.22. The molecule has 3 heteroatoms. The highest BCUT2D eigenvalue weighted by Crippen LogP contribution is 2.42. The van der Waals surface area contributed by atoms with E-state index in [1.165, 1.54) is 88.1 Å². The molecular weight excluding hydrogens is 717 g/mol. The molecule has 0 aliphatic heterocycles. The molecule has 0 N–H and O–H groups in total. The summed E-state index contributed by atoms with van der Waals surface area (Å²) in [5.41, 5.74) is 16.6. The molecular formula is C56H46N2O. The van der Waals surface area contributed by atoms with E-state index in [-0.39, 0.29) is 10.8 Å². The van der Waals surface area contributed by atoms with Crippen LogP contribution in [-0.2, 0) is 10.8 Å². The van der Waals surface area contributed by atoms with Gasteiger partial charge in [0.15, 0.2) is 0 Å². The van der Waals surface area contributed by atoms with Crippen molar-refractivity contribution in [3.05, 3.63) is 181 Å². The zero-order valence-electron chi connectivity index (χ0n) is 34.5. The summed E-state index contributed by atoms with van der Waals surface area (Å²) >= 11 is 0. The van der Waals surface area contributed by atoms with Gasteiger partial charge < -0.3 is 13.6 Å². The molecule has 3 heterocycles. The maximum atomic E-state index is 6.29. The zero-order chi connectivity index (χ0) is 40.2. The molecule has 0 saturated heterocycles. The summed E-state index contributed by atoms with van der Waals surface area (Å²) in [6.07, 6.45) is 0. The fraction of sp³-hybridized carbons (Fsp3) is 0.143. The third-order valence-corrected chi connectivity index (χ3v) is 12.5. The molecule has 0 aliphatic rings. The van der Waals surface area contributed by atoms with Gasteiger partial charge in [0.1, 0.15) is 11.2 Å². The van der Waals surface area contributed by atoms with Crippen molar-refractivity contribution in [3.63, 3.8) is 0 Å². The van der Waals surface area contributed by atoms with Gasteiger partial charge >= 0.3 is 0 Å². The fourth-order valence-corrected chi connectivity index (χ4v) is 9.25. The van der Waals surface area contributed by atoms with E-state index in [1.807, 2.05) is 6.07 Å². The molecule has 0 fully saturated rings. The van der Waals surface area contributed by atoms with E-state index in [0.29, 0.717) is 0 Å². The normalized spacial score (nSPS) is 12.6. The topological polar surface area (TPSA) is 23.0 Å². The van der Waals surface area contributed by atoms with Gasteiger partial charge in [-0.15, -0.1) is 0 Å². The van der Waals surface area contributed by atoms with E-state index in [2.05, 4.69) is 214 Å². The van der Waals surface area contributed by atoms with Gasteiger partial charge in [-0.05, 0) is 117 Å². The maximum Gasteiger partial charge on any atom is 0.136 e. The Hall–Kier alpha value is -6.84. The van der Waals surface area contributed by atoms with Crippen LogP contribution in [0.4, 0.5) is 0 Å². The fourth-order valence-electron chi connectivity index (χ4n) is 9.25. The summed E-state index contributed by atoms with van der Waals surface area (Å²) in [5, 5.41) is 7.41. The first-order chi connectivity index (χ1) is 28.5. The Bertz CT molecular complexity index is 3340. The molecule has 0 unspecified atom stereocenters. The third-order valence-electron chi connectivity index (χ3n) is 12.5. The predicted molar refractivity (Wildman–Crippen MR) is 251 cm³/mol. The van der Waals surface area contributed by atoms with Gasteiger partial charge in [-0.3, -0.25) is 0 Å². The molecule has 11 aromatic rings. The lowest BCUT2D eigenvalue weighted by Crippen LogP contribution is -2.10. The molecule has 0 radical (unpaired) electrons. The number of rotatable bonds is 4. The van der Waals surface area contributed by atoms with Crippen molar-refractivity contribution in [2.24, 2.45) is 0 Å². The first-order valence-electron chi connectivity index (χ1n) is 20.8. The van der Waals surface area contributed by atoms with Crippen LogP contribution in [0, 0.1) is 0 Å². The summed E-state index contributed by atoms with van der Waals surface area (Å²) in [4.78, 5) is 0. The molecule has 0 saturated carbocycles. The minimum atomic E-state index is 0.0728. The Morgan fingerprint density at radius 1 is 0.339 bits per heavy atom. The summed E-state index contributed by atoms with van der Waals surface area (Å²) in [5.74, 6) is 0. The number of fused-ring (bicyclic) bond motifs is 10. The molecule has 0 spiro atoms. The van der Waals surface area contributed by atoms with E-state index in [0.717, 1.165) is 22.2 Å². The quantitative estimate of drug-likeness (QED) is 0.175. The number of benzene rings is 8. The van der Waals surface area contributed by atoms with Gasteiger partial charge in [-0.25, -0.2) is 0 Å². The lowest BCUT2D eigenvalue weighted by molar-refractivity contribution is 0.590. The summed E-state index contributed by atoms with van der Waals surface area (Å²) in [6, 6.07) is 62.4. The highest BCUT2D eigenvalue weighted by molar-refractivity contribution is 6.27. The summed E-state index contributed by atoms with van der Waals surface area (Å²) in [6.45, 7) is 13.8.